The fourth-order valence-corrected chi connectivity index (χ4v) is 4.10. The highest BCUT2D eigenvalue weighted by molar-refractivity contribution is 6.30. The lowest BCUT2D eigenvalue weighted by Crippen LogP contribution is -2.55. The van der Waals surface area contributed by atoms with Gasteiger partial charge in [0.15, 0.2) is 0 Å². The first-order valence-electron chi connectivity index (χ1n) is 11.2. The van der Waals surface area contributed by atoms with Crippen molar-refractivity contribution in [1.82, 2.24) is 19.8 Å². The smallest absolute Gasteiger partial charge is 0.342 e. The number of esters is 1. The third-order valence-corrected chi connectivity index (χ3v) is 5.78. The Morgan fingerprint density at radius 1 is 1.09 bits per heavy atom. The van der Waals surface area contributed by atoms with Crippen molar-refractivity contribution in [3.8, 4) is 0 Å². The average molecular weight is 473 g/mol. The summed E-state index contributed by atoms with van der Waals surface area (Å²) in [5.74, 6) is -0.624. The molecule has 0 N–H and O–H groups in total. The Labute approximate surface area is 198 Å². The fraction of sp³-hybridized carbons (Fsp3) is 0.458. The van der Waals surface area contributed by atoms with Crippen molar-refractivity contribution in [3.05, 3.63) is 57.6 Å². The second-order valence-electron chi connectivity index (χ2n) is 8.02. The molecule has 2 aromatic rings. The number of aryl methyl sites for hydroxylation is 2. The van der Waals surface area contributed by atoms with Gasteiger partial charge in [-0.05, 0) is 51.5 Å². The van der Waals surface area contributed by atoms with Crippen LogP contribution in [0.2, 0.25) is 5.02 Å². The van der Waals surface area contributed by atoms with E-state index in [-0.39, 0.29) is 35.7 Å². The minimum atomic E-state index is -0.589. The van der Waals surface area contributed by atoms with Crippen molar-refractivity contribution in [1.29, 1.82) is 0 Å². The molecule has 1 aromatic heterocycles. The number of carbonyl (C=O) groups excluding carboxylic acids is 3. The molecule has 176 valence electrons. The lowest BCUT2D eigenvalue weighted by atomic mass is 10.0. The van der Waals surface area contributed by atoms with E-state index < -0.39 is 5.97 Å². The number of hydrogen-bond acceptors (Lipinski definition) is 6. The van der Waals surface area contributed by atoms with Crippen LogP contribution in [0.25, 0.3) is 0 Å². The zero-order chi connectivity index (χ0) is 24.1. The Balaban J connectivity index is 1.84. The van der Waals surface area contributed by atoms with E-state index in [0.717, 1.165) is 6.42 Å². The molecule has 2 amide bonds. The zero-order valence-corrected chi connectivity index (χ0v) is 20.2. The van der Waals surface area contributed by atoms with Gasteiger partial charge < -0.3 is 14.5 Å². The van der Waals surface area contributed by atoms with Gasteiger partial charge in [0.1, 0.15) is 17.1 Å². The van der Waals surface area contributed by atoms with Crippen molar-refractivity contribution in [2.75, 3.05) is 26.2 Å². The summed E-state index contributed by atoms with van der Waals surface area (Å²) in [7, 11) is 0. The molecule has 1 aliphatic heterocycles. The summed E-state index contributed by atoms with van der Waals surface area (Å²) in [6.07, 6.45) is 1.30. The first-order chi connectivity index (χ1) is 15.8. The molecule has 9 heteroatoms. The van der Waals surface area contributed by atoms with Crippen LogP contribution in [0.4, 0.5) is 0 Å². The minimum Gasteiger partial charge on any atom is -0.462 e. The van der Waals surface area contributed by atoms with Gasteiger partial charge in [0, 0.05) is 36.3 Å². The Hall–Kier alpha value is -3.00. The maximum absolute atomic E-state index is 13.5. The number of amides is 2. The molecule has 33 heavy (non-hydrogen) atoms. The lowest BCUT2D eigenvalue weighted by Gasteiger charge is -2.40. The number of ether oxygens (including phenoxy) is 1. The fourth-order valence-electron chi connectivity index (χ4n) is 3.97. The van der Waals surface area contributed by atoms with Crippen molar-refractivity contribution in [2.45, 2.75) is 46.6 Å². The predicted molar refractivity (Wildman–Crippen MR) is 125 cm³/mol. The maximum Gasteiger partial charge on any atom is 0.342 e. The summed E-state index contributed by atoms with van der Waals surface area (Å²) in [5, 5.41) is 0.565. The van der Waals surface area contributed by atoms with E-state index in [1.807, 2.05) is 13.8 Å². The quantitative estimate of drug-likeness (QED) is 0.597. The molecule has 0 bridgehead atoms. The number of hydrogen-bond donors (Lipinski definition) is 0. The maximum atomic E-state index is 13.5. The van der Waals surface area contributed by atoms with E-state index in [9.17, 15) is 14.4 Å². The number of rotatable bonds is 6. The van der Waals surface area contributed by atoms with Crippen molar-refractivity contribution < 1.29 is 19.1 Å². The number of aromatic nitrogens is 2. The van der Waals surface area contributed by atoms with Gasteiger partial charge in [-0.15, -0.1) is 0 Å². The van der Waals surface area contributed by atoms with E-state index in [1.165, 1.54) is 0 Å². The number of piperazine rings is 1. The number of nitrogens with zero attached hydrogens (tertiary/aromatic N) is 4. The summed E-state index contributed by atoms with van der Waals surface area (Å²) in [4.78, 5) is 51.2. The van der Waals surface area contributed by atoms with Crippen molar-refractivity contribution >= 4 is 29.4 Å². The lowest BCUT2D eigenvalue weighted by molar-refractivity contribution is 0.0405. The molecule has 3 rings (SSSR count). The molecule has 2 heterocycles. The standard InChI is InChI=1S/C24H29ClN4O4/c1-5-7-19-20(24(32)33-6-2)21(27-16(4)26-19)23(31)28-12-13-29(15(3)14-28)22(30)17-8-10-18(25)11-9-17/h8-11,15H,5-7,12-14H2,1-4H3. The van der Waals surface area contributed by atoms with Gasteiger partial charge in [-0.25, -0.2) is 14.8 Å². The summed E-state index contributed by atoms with van der Waals surface area (Å²) >= 11 is 5.93. The molecule has 1 atom stereocenters. The molecular weight excluding hydrogens is 444 g/mol. The van der Waals surface area contributed by atoms with Crippen LogP contribution in [0.3, 0.4) is 0 Å². The minimum absolute atomic E-state index is 0.0640. The zero-order valence-electron chi connectivity index (χ0n) is 19.4. The Morgan fingerprint density at radius 3 is 2.39 bits per heavy atom. The molecule has 1 unspecified atom stereocenters. The highest BCUT2D eigenvalue weighted by Crippen LogP contribution is 2.21. The topological polar surface area (TPSA) is 92.7 Å². The molecular formula is C24H29ClN4O4. The largest absolute Gasteiger partial charge is 0.462 e. The molecule has 8 nitrogen and oxygen atoms in total. The molecule has 1 aromatic carbocycles. The van der Waals surface area contributed by atoms with Crippen LogP contribution in [0, 0.1) is 6.92 Å². The molecule has 0 spiro atoms. The molecule has 0 radical (unpaired) electrons. The second-order valence-corrected chi connectivity index (χ2v) is 8.45. The van der Waals surface area contributed by atoms with Crippen LogP contribution in [0.5, 0.6) is 0 Å². The van der Waals surface area contributed by atoms with E-state index in [4.69, 9.17) is 16.3 Å². The third kappa shape index (κ3) is 5.50. The Morgan fingerprint density at radius 2 is 1.79 bits per heavy atom. The second kappa shape index (κ2) is 10.7. The van der Waals surface area contributed by atoms with Gasteiger partial charge in [-0.3, -0.25) is 9.59 Å². The monoisotopic (exact) mass is 472 g/mol. The van der Waals surface area contributed by atoms with Crippen LogP contribution in [-0.4, -0.2) is 69.8 Å². The number of carbonyl (C=O) groups is 3. The summed E-state index contributed by atoms with van der Waals surface area (Å²) < 4.78 is 5.21. The van der Waals surface area contributed by atoms with E-state index in [2.05, 4.69) is 9.97 Å². The predicted octanol–water partition coefficient (Wildman–Crippen LogP) is 3.55. The Kier molecular flexibility index (Phi) is 8.02. The van der Waals surface area contributed by atoms with E-state index in [0.29, 0.717) is 48.2 Å². The molecule has 0 aliphatic carbocycles. The number of benzene rings is 1. The van der Waals surface area contributed by atoms with Crippen LogP contribution in [0.1, 0.15) is 69.9 Å². The van der Waals surface area contributed by atoms with Gasteiger partial charge in [0.25, 0.3) is 11.8 Å². The first kappa shape index (κ1) is 24.6. The Bertz CT molecular complexity index is 1040. The molecule has 1 aliphatic rings. The van der Waals surface area contributed by atoms with E-state index in [1.54, 1.807) is 47.9 Å². The SMILES string of the molecule is CCCc1nc(C)nc(C(=O)N2CCN(C(=O)c3ccc(Cl)cc3)C(C)C2)c1C(=O)OCC. The normalized spacial score (nSPS) is 16.0. The summed E-state index contributed by atoms with van der Waals surface area (Å²) in [6, 6.07) is 6.54. The third-order valence-electron chi connectivity index (χ3n) is 5.53. The van der Waals surface area contributed by atoms with E-state index >= 15 is 0 Å². The van der Waals surface area contributed by atoms with Gasteiger partial charge in [0.05, 0.1) is 12.3 Å². The van der Waals surface area contributed by atoms with Crippen LogP contribution < -0.4 is 0 Å². The highest BCUT2D eigenvalue weighted by atomic mass is 35.5. The molecule has 1 fully saturated rings. The molecule has 1 saturated heterocycles. The van der Waals surface area contributed by atoms with Gasteiger partial charge in [-0.1, -0.05) is 24.9 Å². The van der Waals surface area contributed by atoms with Crippen LogP contribution in [0.15, 0.2) is 24.3 Å². The average Bonchev–Trinajstić information content (AvgIpc) is 2.78. The summed E-state index contributed by atoms with van der Waals surface area (Å²) in [5.41, 5.74) is 1.28. The summed E-state index contributed by atoms with van der Waals surface area (Å²) in [6.45, 7) is 8.51. The van der Waals surface area contributed by atoms with Gasteiger partial charge >= 0.3 is 5.97 Å². The van der Waals surface area contributed by atoms with Gasteiger partial charge in [0.2, 0.25) is 0 Å². The van der Waals surface area contributed by atoms with Crippen molar-refractivity contribution in [3.63, 3.8) is 0 Å². The van der Waals surface area contributed by atoms with Crippen LogP contribution in [-0.2, 0) is 11.2 Å². The van der Waals surface area contributed by atoms with Gasteiger partial charge in [-0.2, -0.15) is 0 Å². The highest BCUT2D eigenvalue weighted by Gasteiger charge is 2.34. The van der Waals surface area contributed by atoms with Crippen LogP contribution >= 0.6 is 11.6 Å². The number of halogens is 1. The van der Waals surface area contributed by atoms with Crippen molar-refractivity contribution in [2.24, 2.45) is 0 Å². The molecule has 0 saturated carbocycles. The first-order valence-corrected chi connectivity index (χ1v) is 11.5.